The van der Waals surface area contributed by atoms with Crippen LogP contribution in [0.1, 0.15) is 12.8 Å². The Balaban J connectivity index is 2.23. The van der Waals surface area contributed by atoms with E-state index < -0.39 is 11.9 Å². The molecule has 17 heavy (non-hydrogen) atoms. The summed E-state index contributed by atoms with van der Waals surface area (Å²) in [5.41, 5.74) is 0. The quantitative estimate of drug-likeness (QED) is 0.684. The van der Waals surface area contributed by atoms with Gasteiger partial charge in [0.15, 0.2) is 0 Å². The number of rotatable bonds is 5. The van der Waals surface area contributed by atoms with Gasteiger partial charge in [-0.15, -0.1) is 0 Å². The van der Waals surface area contributed by atoms with E-state index in [-0.39, 0.29) is 12.0 Å². The molecule has 0 aromatic carbocycles. The highest BCUT2D eigenvalue weighted by atomic mass is 16.5. The number of aliphatic carboxylic acids is 1. The summed E-state index contributed by atoms with van der Waals surface area (Å²) in [6, 6.07) is 0. The first-order valence-corrected chi connectivity index (χ1v) is 5.76. The molecule has 0 bridgehead atoms. The average molecular weight is 244 g/mol. The minimum absolute atomic E-state index is 0.0172. The summed E-state index contributed by atoms with van der Waals surface area (Å²) in [5.74, 6) is -1.17. The van der Waals surface area contributed by atoms with Gasteiger partial charge in [-0.3, -0.25) is 9.59 Å². The van der Waals surface area contributed by atoms with Crippen LogP contribution in [0.3, 0.4) is 0 Å². The third-order valence-corrected chi connectivity index (χ3v) is 2.83. The number of ether oxygens (including phenoxy) is 1. The Morgan fingerprint density at radius 1 is 1.41 bits per heavy atom. The highest BCUT2D eigenvalue weighted by Crippen LogP contribution is 2.13. The molecule has 1 heterocycles. The number of carbonyl (C=O) groups is 2. The van der Waals surface area contributed by atoms with Gasteiger partial charge < -0.3 is 20.1 Å². The van der Waals surface area contributed by atoms with Gasteiger partial charge in [0.25, 0.3) is 0 Å². The van der Waals surface area contributed by atoms with Crippen molar-refractivity contribution in [2.75, 3.05) is 33.8 Å². The fourth-order valence-electron chi connectivity index (χ4n) is 1.75. The predicted octanol–water partition coefficient (Wildman–Crippen LogP) is -0.456. The van der Waals surface area contributed by atoms with Gasteiger partial charge in [-0.1, -0.05) is 0 Å². The molecule has 2 unspecified atom stereocenters. The molecule has 6 heteroatoms. The van der Waals surface area contributed by atoms with Crippen LogP contribution < -0.4 is 5.32 Å². The minimum Gasteiger partial charge on any atom is -0.481 e. The summed E-state index contributed by atoms with van der Waals surface area (Å²) in [6.07, 6.45) is 0.736. The van der Waals surface area contributed by atoms with Gasteiger partial charge in [-0.2, -0.15) is 0 Å². The molecule has 0 aliphatic carbocycles. The molecule has 1 rings (SSSR count). The predicted molar refractivity (Wildman–Crippen MR) is 61.7 cm³/mol. The van der Waals surface area contributed by atoms with Crippen molar-refractivity contribution in [2.45, 2.75) is 18.9 Å². The van der Waals surface area contributed by atoms with E-state index in [0.717, 1.165) is 0 Å². The Morgan fingerprint density at radius 2 is 2.12 bits per heavy atom. The van der Waals surface area contributed by atoms with Crippen LogP contribution in [0.25, 0.3) is 0 Å². The number of carbonyl (C=O) groups excluding carboxylic acids is 1. The largest absolute Gasteiger partial charge is 0.481 e. The molecule has 0 aromatic rings. The van der Waals surface area contributed by atoms with Crippen molar-refractivity contribution in [1.29, 1.82) is 0 Å². The highest BCUT2D eigenvalue weighted by molar-refractivity contribution is 5.75. The van der Waals surface area contributed by atoms with Crippen LogP contribution in [0.5, 0.6) is 0 Å². The molecule has 0 radical (unpaired) electrons. The van der Waals surface area contributed by atoms with E-state index in [2.05, 4.69) is 5.32 Å². The van der Waals surface area contributed by atoms with Gasteiger partial charge in [-0.25, -0.2) is 0 Å². The highest BCUT2D eigenvalue weighted by Gasteiger charge is 2.27. The number of hydrogen-bond donors (Lipinski definition) is 2. The molecule has 1 amide bonds. The van der Waals surface area contributed by atoms with Crippen molar-refractivity contribution in [3.8, 4) is 0 Å². The Kier molecular flexibility index (Phi) is 5.37. The Hall–Kier alpha value is -1.14. The molecular weight excluding hydrogens is 224 g/mol. The van der Waals surface area contributed by atoms with Crippen molar-refractivity contribution >= 4 is 11.9 Å². The Morgan fingerprint density at radius 3 is 2.71 bits per heavy atom. The molecule has 2 N–H and O–H groups in total. The molecule has 0 saturated carbocycles. The molecule has 0 spiro atoms. The summed E-state index contributed by atoms with van der Waals surface area (Å²) in [5, 5.41) is 11.9. The van der Waals surface area contributed by atoms with Crippen molar-refractivity contribution in [3.05, 3.63) is 0 Å². The first-order valence-electron chi connectivity index (χ1n) is 5.76. The fourth-order valence-corrected chi connectivity index (χ4v) is 1.75. The zero-order valence-corrected chi connectivity index (χ0v) is 10.3. The van der Waals surface area contributed by atoms with E-state index >= 15 is 0 Å². The zero-order valence-electron chi connectivity index (χ0n) is 10.3. The van der Waals surface area contributed by atoms with Gasteiger partial charge in [0.2, 0.25) is 5.91 Å². The van der Waals surface area contributed by atoms with Crippen molar-refractivity contribution in [2.24, 2.45) is 5.92 Å². The lowest BCUT2D eigenvalue weighted by Gasteiger charge is -2.27. The summed E-state index contributed by atoms with van der Waals surface area (Å²) in [7, 11) is 3.40. The summed E-state index contributed by atoms with van der Waals surface area (Å²) in [4.78, 5) is 23.6. The molecule has 1 saturated heterocycles. The second kappa shape index (κ2) is 6.56. The molecular formula is C11H20N2O4. The maximum atomic E-state index is 11.3. The lowest BCUT2D eigenvalue weighted by molar-refractivity contribution is -0.144. The minimum atomic E-state index is -0.796. The monoisotopic (exact) mass is 244 g/mol. The standard InChI is InChI=1S/C11H20N2O4/c1-13(2)10(14)3-4-17-9-5-8(11(15)16)6-12-7-9/h8-9,12H,3-7H2,1-2H3,(H,15,16). The fraction of sp³-hybridized carbons (Fsp3) is 0.818. The summed E-state index contributed by atoms with van der Waals surface area (Å²) < 4.78 is 5.51. The van der Waals surface area contributed by atoms with E-state index in [4.69, 9.17) is 9.84 Å². The SMILES string of the molecule is CN(C)C(=O)CCOC1CNCC(C(=O)O)C1. The number of hydrogen-bond acceptors (Lipinski definition) is 4. The van der Waals surface area contributed by atoms with E-state index in [1.165, 1.54) is 4.90 Å². The first-order chi connectivity index (χ1) is 8.00. The molecule has 2 atom stereocenters. The van der Waals surface area contributed by atoms with Gasteiger partial charge in [0.1, 0.15) is 0 Å². The van der Waals surface area contributed by atoms with Crippen LogP contribution in [0.4, 0.5) is 0 Å². The molecule has 0 aromatic heterocycles. The number of piperidine rings is 1. The maximum absolute atomic E-state index is 11.3. The lowest BCUT2D eigenvalue weighted by Crippen LogP contribution is -2.43. The molecule has 1 aliphatic heterocycles. The third-order valence-electron chi connectivity index (χ3n) is 2.83. The Bertz CT molecular complexity index is 281. The molecule has 1 fully saturated rings. The second-order valence-corrected chi connectivity index (χ2v) is 4.46. The molecule has 6 nitrogen and oxygen atoms in total. The van der Waals surface area contributed by atoms with Crippen LogP contribution in [0, 0.1) is 5.92 Å². The number of carboxylic acid groups (broad SMARTS) is 1. The molecule has 98 valence electrons. The number of nitrogens with one attached hydrogen (secondary N) is 1. The van der Waals surface area contributed by atoms with Gasteiger partial charge in [-0.05, 0) is 6.42 Å². The summed E-state index contributed by atoms with van der Waals surface area (Å²) in [6.45, 7) is 1.49. The summed E-state index contributed by atoms with van der Waals surface area (Å²) >= 11 is 0. The molecule has 1 aliphatic rings. The third kappa shape index (κ3) is 4.70. The maximum Gasteiger partial charge on any atom is 0.307 e. The topological polar surface area (TPSA) is 78.9 Å². The average Bonchev–Trinajstić information content (AvgIpc) is 2.29. The van der Waals surface area contributed by atoms with Gasteiger partial charge >= 0.3 is 5.97 Å². The van der Waals surface area contributed by atoms with E-state index in [9.17, 15) is 9.59 Å². The van der Waals surface area contributed by atoms with Crippen molar-refractivity contribution in [1.82, 2.24) is 10.2 Å². The zero-order chi connectivity index (χ0) is 12.8. The number of carboxylic acids is 1. The van der Waals surface area contributed by atoms with Crippen LogP contribution in [0.15, 0.2) is 0 Å². The van der Waals surface area contributed by atoms with E-state index in [1.807, 2.05) is 0 Å². The number of nitrogens with zero attached hydrogens (tertiary/aromatic N) is 1. The van der Waals surface area contributed by atoms with Crippen LogP contribution >= 0.6 is 0 Å². The number of amides is 1. The Labute approximate surface area is 101 Å². The van der Waals surface area contributed by atoms with Crippen molar-refractivity contribution in [3.63, 3.8) is 0 Å². The second-order valence-electron chi connectivity index (χ2n) is 4.46. The smallest absolute Gasteiger partial charge is 0.307 e. The van der Waals surface area contributed by atoms with E-state index in [0.29, 0.717) is 32.5 Å². The normalized spacial score (nSPS) is 24.4. The first kappa shape index (κ1) is 13.9. The lowest BCUT2D eigenvalue weighted by atomic mass is 9.98. The van der Waals surface area contributed by atoms with Crippen LogP contribution in [0.2, 0.25) is 0 Å². The van der Waals surface area contributed by atoms with Crippen molar-refractivity contribution < 1.29 is 19.4 Å². The van der Waals surface area contributed by atoms with Crippen LogP contribution in [-0.2, 0) is 14.3 Å². The van der Waals surface area contributed by atoms with Crippen LogP contribution in [-0.4, -0.2) is 61.8 Å². The van der Waals surface area contributed by atoms with Gasteiger partial charge in [0, 0.05) is 27.2 Å². The van der Waals surface area contributed by atoms with E-state index in [1.54, 1.807) is 14.1 Å². The van der Waals surface area contributed by atoms with Gasteiger partial charge in [0.05, 0.1) is 25.0 Å².